The van der Waals surface area contributed by atoms with Crippen molar-refractivity contribution in [2.24, 2.45) is 17.6 Å². The number of hydrogen-bond acceptors (Lipinski definition) is 8. The number of rotatable bonds is 14. The van der Waals surface area contributed by atoms with Crippen molar-refractivity contribution in [3.8, 4) is 6.07 Å². The fraction of sp³-hybridized carbons (Fsp3) is 0.625. The first-order valence-corrected chi connectivity index (χ1v) is 12.1. The van der Waals surface area contributed by atoms with Gasteiger partial charge < -0.3 is 31.5 Å². The van der Waals surface area contributed by atoms with Gasteiger partial charge in [0.25, 0.3) is 5.91 Å². The van der Waals surface area contributed by atoms with E-state index in [2.05, 4.69) is 26.4 Å². The largest absolute Gasteiger partial charge is 0.370 e. The summed E-state index contributed by atoms with van der Waals surface area (Å²) in [6, 6.07) is -0.608. The number of nitriles is 1. The molecule has 4 atom stereocenters. The Kier molecular flexibility index (Phi) is 12.2. The lowest BCUT2D eigenvalue weighted by Gasteiger charge is -2.27. The molecule has 204 valence electrons. The highest BCUT2D eigenvalue weighted by molar-refractivity contribution is 5.97. The highest BCUT2D eigenvalue weighted by Gasteiger charge is 2.31. The minimum atomic E-state index is -1.01. The number of amides is 5. The SMILES string of the molecule is Cc1cc(C(=O)NC(C)C(=O)NC(C(=O)NC(CC(C)C)C(=O)NC(C#N)CCC(N)=O)C(C)C)no1. The third-order valence-corrected chi connectivity index (χ3v) is 5.34. The number of nitrogens with zero attached hydrogens (tertiary/aromatic N) is 2. The molecule has 6 N–H and O–H groups in total. The van der Waals surface area contributed by atoms with E-state index in [1.807, 2.05) is 19.9 Å². The Morgan fingerprint density at radius 2 is 1.65 bits per heavy atom. The summed E-state index contributed by atoms with van der Waals surface area (Å²) in [5.41, 5.74) is 5.13. The van der Waals surface area contributed by atoms with E-state index in [0.717, 1.165) is 0 Å². The second-order valence-corrected chi connectivity index (χ2v) is 9.63. The molecule has 0 spiro atoms. The van der Waals surface area contributed by atoms with Crippen LogP contribution in [0.1, 0.15) is 70.1 Å². The van der Waals surface area contributed by atoms with Gasteiger partial charge in [-0.15, -0.1) is 0 Å². The lowest BCUT2D eigenvalue weighted by Crippen LogP contribution is -2.58. The number of carbonyl (C=O) groups is 5. The predicted octanol–water partition coefficient (Wildman–Crippen LogP) is 0.0469. The number of nitrogens with one attached hydrogen (secondary N) is 4. The molecule has 0 saturated heterocycles. The van der Waals surface area contributed by atoms with Gasteiger partial charge in [-0.25, -0.2) is 0 Å². The van der Waals surface area contributed by atoms with Crippen molar-refractivity contribution in [1.29, 1.82) is 5.26 Å². The second kappa shape index (κ2) is 14.6. The van der Waals surface area contributed by atoms with Crippen molar-refractivity contribution in [3.05, 3.63) is 17.5 Å². The Morgan fingerprint density at radius 1 is 1.00 bits per heavy atom. The molecule has 0 saturated carbocycles. The van der Waals surface area contributed by atoms with E-state index in [0.29, 0.717) is 5.76 Å². The van der Waals surface area contributed by atoms with Gasteiger partial charge in [-0.05, 0) is 38.5 Å². The summed E-state index contributed by atoms with van der Waals surface area (Å²) in [5.74, 6) is -2.90. The minimum Gasteiger partial charge on any atom is -0.370 e. The van der Waals surface area contributed by atoms with Gasteiger partial charge in [0, 0.05) is 12.5 Å². The van der Waals surface area contributed by atoms with Gasteiger partial charge in [-0.3, -0.25) is 24.0 Å². The Morgan fingerprint density at radius 3 is 2.14 bits per heavy atom. The van der Waals surface area contributed by atoms with Crippen LogP contribution in [0.5, 0.6) is 0 Å². The van der Waals surface area contributed by atoms with Crippen LogP contribution >= 0.6 is 0 Å². The van der Waals surface area contributed by atoms with Crippen LogP contribution in [0.4, 0.5) is 0 Å². The molecule has 37 heavy (non-hydrogen) atoms. The van der Waals surface area contributed by atoms with E-state index in [9.17, 15) is 29.2 Å². The van der Waals surface area contributed by atoms with E-state index in [1.165, 1.54) is 13.0 Å². The fourth-order valence-corrected chi connectivity index (χ4v) is 3.32. The molecule has 1 aromatic rings. The molecule has 0 aliphatic rings. The monoisotopic (exact) mass is 519 g/mol. The normalized spacial score (nSPS) is 14.1. The van der Waals surface area contributed by atoms with Crippen LogP contribution < -0.4 is 27.0 Å². The van der Waals surface area contributed by atoms with Crippen LogP contribution in [-0.4, -0.2) is 58.9 Å². The van der Waals surface area contributed by atoms with Gasteiger partial charge in [-0.2, -0.15) is 5.26 Å². The molecule has 1 rings (SSSR count). The number of carbonyl (C=O) groups excluding carboxylic acids is 5. The van der Waals surface area contributed by atoms with Crippen molar-refractivity contribution in [2.45, 2.75) is 85.0 Å². The third-order valence-electron chi connectivity index (χ3n) is 5.34. The van der Waals surface area contributed by atoms with Crippen molar-refractivity contribution in [2.75, 3.05) is 0 Å². The lowest BCUT2D eigenvalue weighted by molar-refractivity contribution is -0.133. The standard InChI is InChI=1S/C24H37N7O6/c1-12(2)9-17(22(34)28-16(11-25)7-8-19(26)32)29-24(36)20(13(3)4)30-21(33)15(6)27-23(35)18-10-14(5)37-31-18/h10,12-13,15-17,20H,7-9H2,1-6H3,(H2,26,32)(H,27,35)(H,28,34)(H,29,36)(H,30,33). The van der Waals surface area contributed by atoms with Gasteiger partial charge >= 0.3 is 0 Å². The van der Waals surface area contributed by atoms with Crippen molar-refractivity contribution in [1.82, 2.24) is 26.4 Å². The molecule has 1 heterocycles. The summed E-state index contributed by atoms with van der Waals surface area (Å²) in [6.45, 7) is 10.3. The van der Waals surface area contributed by atoms with Crippen molar-refractivity contribution >= 4 is 29.5 Å². The molecule has 0 aromatic carbocycles. The van der Waals surface area contributed by atoms with Gasteiger partial charge in [-0.1, -0.05) is 32.9 Å². The molecular weight excluding hydrogens is 482 g/mol. The Labute approximate surface area is 216 Å². The first kappa shape index (κ1) is 31.1. The number of primary amides is 1. The maximum atomic E-state index is 13.1. The van der Waals surface area contributed by atoms with E-state index in [-0.39, 0.29) is 36.8 Å². The van der Waals surface area contributed by atoms with Gasteiger partial charge in [0.1, 0.15) is 29.9 Å². The van der Waals surface area contributed by atoms with Crippen LogP contribution in [0.25, 0.3) is 0 Å². The topological polar surface area (TPSA) is 209 Å². The summed E-state index contributed by atoms with van der Waals surface area (Å²) in [5, 5.41) is 23.2. The predicted molar refractivity (Wildman–Crippen MR) is 132 cm³/mol. The Bertz CT molecular complexity index is 1010. The molecule has 4 unspecified atom stereocenters. The maximum absolute atomic E-state index is 13.1. The van der Waals surface area contributed by atoms with Gasteiger partial charge in [0.15, 0.2) is 5.69 Å². The van der Waals surface area contributed by atoms with E-state index >= 15 is 0 Å². The van der Waals surface area contributed by atoms with Crippen LogP contribution in [0.15, 0.2) is 10.6 Å². The van der Waals surface area contributed by atoms with Crippen molar-refractivity contribution in [3.63, 3.8) is 0 Å². The van der Waals surface area contributed by atoms with Crippen molar-refractivity contribution < 1.29 is 28.5 Å². The highest BCUT2D eigenvalue weighted by Crippen LogP contribution is 2.09. The Hall–Kier alpha value is -3.95. The highest BCUT2D eigenvalue weighted by atomic mass is 16.5. The average Bonchev–Trinajstić information content (AvgIpc) is 3.24. The van der Waals surface area contributed by atoms with E-state index in [1.54, 1.807) is 20.8 Å². The number of aryl methyl sites for hydroxylation is 1. The van der Waals surface area contributed by atoms with E-state index < -0.39 is 53.7 Å². The summed E-state index contributed by atoms with van der Waals surface area (Å²) < 4.78 is 4.86. The van der Waals surface area contributed by atoms with Gasteiger partial charge in [0.05, 0.1) is 6.07 Å². The van der Waals surface area contributed by atoms with Gasteiger partial charge in [0.2, 0.25) is 23.6 Å². The minimum absolute atomic E-state index is 0.0179. The zero-order chi connectivity index (χ0) is 28.3. The van der Waals surface area contributed by atoms with Crippen LogP contribution in [-0.2, 0) is 19.2 Å². The first-order chi connectivity index (χ1) is 17.2. The fourth-order valence-electron chi connectivity index (χ4n) is 3.32. The number of aromatic nitrogens is 1. The molecule has 1 aromatic heterocycles. The molecule has 0 radical (unpaired) electrons. The third kappa shape index (κ3) is 10.7. The average molecular weight is 520 g/mol. The van der Waals surface area contributed by atoms with E-state index in [4.69, 9.17) is 10.3 Å². The quantitative estimate of drug-likeness (QED) is 0.226. The molecule has 13 heteroatoms. The van der Waals surface area contributed by atoms with Crippen LogP contribution in [0.2, 0.25) is 0 Å². The zero-order valence-electron chi connectivity index (χ0n) is 22.1. The summed E-state index contributed by atoms with van der Waals surface area (Å²) in [6.07, 6.45) is 0.238. The number of hydrogen-bond donors (Lipinski definition) is 5. The zero-order valence-corrected chi connectivity index (χ0v) is 22.1. The molecule has 5 amide bonds. The maximum Gasteiger partial charge on any atom is 0.274 e. The first-order valence-electron chi connectivity index (χ1n) is 12.1. The summed E-state index contributed by atoms with van der Waals surface area (Å²) >= 11 is 0. The lowest BCUT2D eigenvalue weighted by atomic mass is 9.99. The molecule has 0 aliphatic carbocycles. The molecular formula is C24H37N7O6. The molecule has 0 fully saturated rings. The smallest absolute Gasteiger partial charge is 0.274 e. The summed E-state index contributed by atoms with van der Waals surface area (Å²) in [7, 11) is 0. The van der Waals surface area contributed by atoms with Crippen LogP contribution in [0.3, 0.4) is 0 Å². The molecule has 0 bridgehead atoms. The summed E-state index contributed by atoms with van der Waals surface area (Å²) in [4.78, 5) is 62.0. The molecule has 13 nitrogen and oxygen atoms in total. The Balaban J connectivity index is 2.88. The number of nitrogens with two attached hydrogens (primary N) is 1. The second-order valence-electron chi connectivity index (χ2n) is 9.63. The van der Waals surface area contributed by atoms with Crippen LogP contribution in [0, 0.1) is 30.1 Å². The molecule has 0 aliphatic heterocycles.